The molecule has 0 rings (SSSR count). The molecule has 0 amide bonds. The number of alkyl halides is 2. The van der Waals surface area contributed by atoms with Crippen molar-refractivity contribution in [3.63, 3.8) is 0 Å². The topological polar surface area (TPSA) is 26.3 Å². The number of hydrogen-bond donors (Lipinski definition) is 0. The van der Waals surface area contributed by atoms with Crippen molar-refractivity contribution < 1.29 is 18.3 Å². The van der Waals surface area contributed by atoms with Crippen molar-refractivity contribution in [1.29, 1.82) is 0 Å². The monoisotopic (exact) mass is 252 g/mol. The first-order valence-corrected chi connectivity index (χ1v) is 6.41. The number of unbranched alkanes of at least 4 members (excludes halogenated alkanes) is 2. The summed E-state index contributed by atoms with van der Waals surface area (Å²) in [6.07, 6.45) is 2.14. The normalized spacial score (nSPS) is 12.4. The third kappa shape index (κ3) is 10.2. The lowest BCUT2D eigenvalue weighted by molar-refractivity contribution is -0.148. The van der Waals surface area contributed by atoms with Gasteiger partial charge in [-0.1, -0.05) is 40.5 Å². The zero-order chi connectivity index (χ0) is 13.9. The van der Waals surface area contributed by atoms with Crippen LogP contribution in [-0.4, -0.2) is 18.5 Å². The highest BCUT2D eigenvalue weighted by Gasteiger charge is 2.36. The van der Waals surface area contributed by atoms with Crippen LogP contribution in [0, 0.1) is 5.92 Å². The summed E-state index contributed by atoms with van der Waals surface area (Å²) < 4.78 is 31.4. The van der Waals surface area contributed by atoms with Crippen LogP contribution in [0.15, 0.2) is 0 Å². The minimum atomic E-state index is -2.73. The Labute approximate surface area is 104 Å². The van der Waals surface area contributed by atoms with Gasteiger partial charge in [-0.15, -0.1) is 0 Å². The van der Waals surface area contributed by atoms with E-state index in [9.17, 15) is 13.6 Å². The van der Waals surface area contributed by atoms with Gasteiger partial charge in [-0.3, -0.25) is 4.79 Å². The molecule has 0 saturated carbocycles. The molecule has 104 valence electrons. The summed E-state index contributed by atoms with van der Waals surface area (Å²) in [5.41, 5.74) is 0. The zero-order valence-corrected chi connectivity index (χ0v) is 11.7. The van der Waals surface area contributed by atoms with E-state index in [1.54, 1.807) is 0 Å². The predicted octanol–water partition coefficient (Wildman–Crippen LogP) is 4.43. The van der Waals surface area contributed by atoms with Gasteiger partial charge in [-0.2, -0.15) is 0 Å². The summed E-state index contributed by atoms with van der Waals surface area (Å²) in [5.74, 6) is -4.14. The summed E-state index contributed by atoms with van der Waals surface area (Å²) in [6.45, 7) is 8.41. The maximum absolute atomic E-state index is 13.4. The molecule has 0 aliphatic rings. The SMILES string of the molecule is CC.CCCCCC(F)(F)C(C)COC(C)=O. The number of hydrogen-bond acceptors (Lipinski definition) is 2. The molecule has 0 fully saturated rings. The molecule has 0 bridgehead atoms. The van der Waals surface area contributed by atoms with Gasteiger partial charge in [0, 0.05) is 13.3 Å². The lowest BCUT2D eigenvalue weighted by atomic mass is 9.99. The fourth-order valence-electron chi connectivity index (χ4n) is 1.22. The van der Waals surface area contributed by atoms with E-state index in [0.29, 0.717) is 6.42 Å². The Hall–Kier alpha value is -0.670. The highest BCUT2D eigenvalue weighted by Crippen LogP contribution is 2.30. The minimum Gasteiger partial charge on any atom is -0.465 e. The highest BCUT2D eigenvalue weighted by molar-refractivity contribution is 5.65. The molecule has 0 aromatic rings. The van der Waals surface area contributed by atoms with Gasteiger partial charge in [-0.25, -0.2) is 8.78 Å². The van der Waals surface area contributed by atoms with Crippen LogP contribution in [0.3, 0.4) is 0 Å². The molecule has 2 nitrogen and oxygen atoms in total. The molecule has 0 heterocycles. The Kier molecular flexibility index (Phi) is 11.5. The van der Waals surface area contributed by atoms with Gasteiger partial charge in [0.05, 0.1) is 12.5 Å². The largest absolute Gasteiger partial charge is 0.465 e. The molecule has 0 spiro atoms. The van der Waals surface area contributed by atoms with Gasteiger partial charge in [0.2, 0.25) is 0 Å². The third-order valence-corrected chi connectivity index (χ3v) is 2.37. The van der Waals surface area contributed by atoms with E-state index in [1.165, 1.54) is 13.8 Å². The van der Waals surface area contributed by atoms with E-state index in [-0.39, 0.29) is 13.0 Å². The molecular weight excluding hydrogens is 226 g/mol. The fraction of sp³-hybridized carbons (Fsp3) is 0.923. The first-order chi connectivity index (χ1) is 7.90. The van der Waals surface area contributed by atoms with Crippen LogP contribution in [-0.2, 0) is 9.53 Å². The number of esters is 1. The standard InChI is InChI=1S/C11H20F2O2.C2H6/c1-4-5-6-7-11(12,13)9(2)8-15-10(3)14;1-2/h9H,4-8H2,1-3H3;1-2H3. The van der Waals surface area contributed by atoms with Crippen LogP contribution in [0.1, 0.15) is 60.3 Å². The molecule has 0 aliphatic carbocycles. The fourth-order valence-corrected chi connectivity index (χ4v) is 1.22. The first-order valence-electron chi connectivity index (χ1n) is 6.41. The lowest BCUT2D eigenvalue weighted by Crippen LogP contribution is -2.30. The summed E-state index contributed by atoms with van der Waals surface area (Å²) in [5, 5.41) is 0. The van der Waals surface area contributed by atoms with Crippen molar-refractivity contribution >= 4 is 5.97 Å². The molecular formula is C13H26F2O2. The van der Waals surface area contributed by atoms with Crippen LogP contribution in [0.25, 0.3) is 0 Å². The molecule has 0 aromatic carbocycles. The molecule has 17 heavy (non-hydrogen) atoms. The Balaban J connectivity index is 0. The number of halogens is 2. The molecule has 0 radical (unpaired) electrons. The van der Waals surface area contributed by atoms with E-state index in [2.05, 4.69) is 4.74 Å². The Bertz CT molecular complexity index is 194. The smallest absolute Gasteiger partial charge is 0.302 e. The van der Waals surface area contributed by atoms with E-state index in [4.69, 9.17) is 0 Å². The molecule has 0 N–H and O–H groups in total. The van der Waals surface area contributed by atoms with Gasteiger partial charge < -0.3 is 4.74 Å². The van der Waals surface area contributed by atoms with Gasteiger partial charge in [0.1, 0.15) is 0 Å². The van der Waals surface area contributed by atoms with Crippen molar-refractivity contribution in [2.75, 3.05) is 6.61 Å². The van der Waals surface area contributed by atoms with Crippen molar-refractivity contribution in [3.05, 3.63) is 0 Å². The molecule has 0 aromatic heterocycles. The van der Waals surface area contributed by atoms with E-state index < -0.39 is 17.8 Å². The molecule has 4 heteroatoms. The number of carbonyl (C=O) groups excluding carboxylic acids is 1. The molecule has 1 unspecified atom stereocenters. The van der Waals surface area contributed by atoms with Crippen LogP contribution in [0.4, 0.5) is 8.78 Å². The third-order valence-electron chi connectivity index (χ3n) is 2.37. The maximum Gasteiger partial charge on any atom is 0.302 e. The summed E-state index contributed by atoms with van der Waals surface area (Å²) in [6, 6.07) is 0. The second-order valence-corrected chi connectivity index (χ2v) is 3.92. The van der Waals surface area contributed by atoms with Crippen LogP contribution in [0.2, 0.25) is 0 Å². The molecule has 0 aliphatic heterocycles. The van der Waals surface area contributed by atoms with Crippen molar-refractivity contribution in [2.24, 2.45) is 5.92 Å². The summed E-state index contributed by atoms with van der Waals surface area (Å²) >= 11 is 0. The lowest BCUT2D eigenvalue weighted by Gasteiger charge is -2.23. The van der Waals surface area contributed by atoms with Crippen molar-refractivity contribution in [1.82, 2.24) is 0 Å². The van der Waals surface area contributed by atoms with Crippen LogP contribution in [0.5, 0.6) is 0 Å². The van der Waals surface area contributed by atoms with Crippen molar-refractivity contribution in [2.45, 2.75) is 66.2 Å². The van der Waals surface area contributed by atoms with Gasteiger partial charge >= 0.3 is 5.97 Å². The van der Waals surface area contributed by atoms with Gasteiger partial charge in [0.25, 0.3) is 5.92 Å². The van der Waals surface area contributed by atoms with Crippen LogP contribution < -0.4 is 0 Å². The number of carbonyl (C=O) groups is 1. The summed E-state index contributed by atoms with van der Waals surface area (Å²) in [7, 11) is 0. The Morgan fingerprint density at radius 3 is 2.24 bits per heavy atom. The average Bonchev–Trinajstić information content (AvgIpc) is 2.28. The van der Waals surface area contributed by atoms with E-state index >= 15 is 0 Å². The quantitative estimate of drug-likeness (QED) is 0.495. The number of rotatable bonds is 7. The second-order valence-electron chi connectivity index (χ2n) is 3.92. The molecule has 0 saturated heterocycles. The summed E-state index contributed by atoms with van der Waals surface area (Å²) in [4.78, 5) is 10.5. The maximum atomic E-state index is 13.4. The average molecular weight is 252 g/mol. The van der Waals surface area contributed by atoms with Gasteiger partial charge in [-0.05, 0) is 6.42 Å². The minimum absolute atomic E-state index is 0.122. The number of ether oxygens (including phenoxy) is 1. The Morgan fingerprint density at radius 1 is 1.29 bits per heavy atom. The zero-order valence-electron chi connectivity index (χ0n) is 11.7. The molecule has 1 atom stereocenters. The van der Waals surface area contributed by atoms with Gasteiger partial charge in [0.15, 0.2) is 0 Å². The second kappa shape index (κ2) is 10.5. The van der Waals surface area contributed by atoms with Crippen LogP contribution >= 0.6 is 0 Å². The first kappa shape index (κ1) is 18.7. The van der Waals surface area contributed by atoms with E-state index in [0.717, 1.165) is 12.8 Å². The van der Waals surface area contributed by atoms with E-state index in [1.807, 2.05) is 20.8 Å². The van der Waals surface area contributed by atoms with Crippen molar-refractivity contribution in [3.8, 4) is 0 Å². The predicted molar refractivity (Wildman–Crippen MR) is 66.2 cm³/mol. The highest BCUT2D eigenvalue weighted by atomic mass is 19.3. The Morgan fingerprint density at radius 2 is 1.82 bits per heavy atom.